The van der Waals surface area contributed by atoms with E-state index in [1.54, 1.807) is 0 Å². The Morgan fingerprint density at radius 2 is 1.93 bits per heavy atom. The van der Waals surface area contributed by atoms with E-state index < -0.39 is 11.7 Å². The molecule has 2 amide bonds. The summed E-state index contributed by atoms with van der Waals surface area (Å²) in [5.74, 6) is 0.649. The SMILES string of the molecule is Cc1ccc(OCC(=O)N2CCCCC2CNC(=O)OC(C)(C)C)cc1C. The second kappa shape index (κ2) is 9.11. The summed E-state index contributed by atoms with van der Waals surface area (Å²) in [6, 6.07) is 5.79. The van der Waals surface area contributed by atoms with Gasteiger partial charge in [0.2, 0.25) is 0 Å². The summed E-state index contributed by atoms with van der Waals surface area (Å²) in [5, 5.41) is 2.79. The minimum absolute atomic E-state index is 0.00540. The van der Waals surface area contributed by atoms with Gasteiger partial charge in [-0.15, -0.1) is 0 Å². The molecule has 1 unspecified atom stereocenters. The Labute approximate surface area is 162 Å². The average molecular weight is 376 g/mol. The molecule has 2 rings (SSSR count). The molecule has 1 fully saturated rings. The molecule has 1 saturated heterocycles. The smallest absolute Gasteiger partial charge is 0.407 e. The fraction of sp³-hybridized carbons (Fsp3) is 0.619. The van der Waals surface area contributed by atoms with E-state index in [-0.39, 0.29) is 18.6 Å². The summed E-state index contributed by atoms with van der Waals surface area (Å²) in [5.41, 5.74) is 1.79. The normalized spacial score (nSPS) is 17.4. The lowest BCUT2D eigenvalue weighted by atomic mass is 10.0. The van der Waals surface area contributed by atoms with Crippen LogP contribution >= 0.6 is 0 Å². The van der Waals surface area contributed by atoms with E-state index in [9.17, 15) is 9.59 Å². The van der Waals surface area contributed by atoms with Crippen molar-refractivity contribution in [2.24, 2.45) is 0 Å². The Bertz CT molecular complexity index is 667. The van der Waals surface area contributed by atoms with Crippen LogP contribution in [0.3, 0.4) is 0 Å². The number of hydrogen-bond acceptors (Lipinski definition) is 4. The molecule has 1 aromatic rings. The third kappa shape index (κ3) is 6.77. The van der Waals surface area contributed by atoms with Crippen molar-refractivity contribution in [1.82, 2.24) is 10.2 Å². The summed E-state index contributed by atoms with van der Waals surface area (Å²) < 4.78 is 11.0. The van der Waals surface area contributed by atoms with Gasteiger partial charge in [0.25, 0.3) is 5.91 Å². The van der Waals surface area contributed by atoms with Crippen LogP contribution in [0.15, 0.2) is 18.2 Å². The number of rotatable bonds is 5. The van der Waals surface area contributed by atoms with Crippen LogP contribution in [0.5, 0.6) is 5.75 Å². The summed E-state index contributed by atoms with van der Waals surface area (Å²) in [6.07, 6.45) is 2.43. The van der Waals surface area contributed by atoms with Gasteiger partial charge < -0.3 is 19.7 Å². The quantitative estimate of drug-likeness (QED) is 0.853. The van der Waals surface area contributed by atoms with Crippen LogP contribution < -0.4 is 10.1 Å². The van der Waals surface area contributed by atoms with Gasteiger partial charge in [-0.2, -0.15) is 0 Å². The third-order valence-electron chi connectivity index (χ3n) is 4.67. The van der Waals surface area contributed by atoms with Crippen molar-refractivity contribution in [3.05, 3.63) is 29.3 Å². The molecular weight excluding hydrogens is 344 g/mol. The van der Waals surface area contributed by atoms with E-state index in [4.69, 9.17) is 9.47 Å². The highest BCUT2D eigenvalue weighted by Gasteiger charge is 2.28. The lowest BCUT2D eigenvalue weighted by Gasteiger charge is -2.36. The minimum atomic E-state index is -0.536. The monoisotopic (exact) mass is 376 g/mol. The Morgan fingerprint density at radius 1 is 1.19 bits per heavy atom. The lowest BCUT2D eigenvalue weighted by molar-refractivity contribution is -0.137. The number of nitrogens with one attached hydrogen (secondary N) is 1. The number of aryl methyl sites for hydroxylation is 2. The molecule has 1 aliphatic rings. The Hall–Kier alpha value is -2.24. The lowest BCUT2D eigenvalue weighted by Crippen LogP contribution is -2.51. The zero-order valence-corrected chi connectivity index (χ0v) is 17.1. The molecule has 0 aliphatic carbocycles. The fourth-order valence-corrected chi connectivity index (χ4v) is 3.09. The molecule has 0 aromatic heterocycles. The zero-order valence-electron chi connectivity index (χ0n) is 17.1. The standard InChI is InChI=1S/C21H32N2O4/c1-15-9-10-18(12-16(15)2)26-14-19(24)23-11-7-6-8-17(23)13-22-20(25)27-21(3,4)5/h9-10,12,17H,6-8,11,13-14H2,1-5H3,(H,22,25). The number of ether oxygens (including phenoxy) is 2. The first-order valence-electron chi connectivity index (χ1n) is 9.62. The van der Waals surface area contributed by atoms with Gasteiger partial charge in [0.1, 0.15) is 11.4 Å². The van der Waals surface area contributed by atoms with Crippen molar-refractivity contribution in [1.29, 1.82) is 0 Å². The molecule has 0 radical (unpaired) electrons. The highest BCUT2D eigenvalue weighted by Crippen LogP contribution is 2.19. The van der Waals surface area contributed by atoms with Crippen LogP contribution in [0.4, 0.5) is 4.79 Å². The number of carbonyl (C=O) groups is 2. The Morgan fingerprint density at radius 3 is 2.59 bits per heavy atom. The largest absolute Gasteiger partial charge is 0.484 e. The average Bonchev–Trinajstić information content (AvgIpc) is 2.59. The molecule has 1 aromatic carbocycles. The van der Waals surface area contributed by atoms with Gasteiger partial charge in [0.15, 0.2) is 6.61 Å². The maximum Gasteiger partial charge on any atom is 0.407 e. The van der Waals surface area contributed by atoms with E-state index in [1.165, 1.54) is 5.56 Å². The predicted octanol–water partition coefficient (Wildman–Crippen LogP) is 3.59. The fourth-order valence-electron chi connectivity index (χ4n) is 3.09. The van der Waals surface area contributed by atoms with Gasteiger partial charge >= 0.3 is 6.09 Å². The molecule has 1 aliphatic heterocycles. The summed E-state index contributed by atoms with van der Waals surface area (Å²) >= 11 is 0. The van der Waals surface area contributed by atoms with E-state index >= 15 is 0 Å². The van der Waals surface area contributed by atoms with Crippen molar-refractivity contribution < 1.29 is 19.1 Å². The number of benzene rings is 1. The maximum absolute atomic E-state index is 12.7. The highest BCUT2D eigenvalue weighted by atomic mass is 16.6. The van der Waals surface area contributed by atoms with Crippen molar-refractivity contribution in [3.8, 4) is 5.75 Å². The Balaban J connectivity index is 1.88. The first kappa shape index (κ1) is 21.1. The maximum atomic E-state index is 12.7. The number of carbonyl (C=O) groups excluding carboxylic acids is 2. The number of likely N-dealkylation sites (tertiary alicyclic amines) is 1. The van der Waals surface area contributed by atoms with Gasteiger partial charge in [0, 0.05) is 19.1 Å². The molecule has 0 saturated carbocycles. The van der Waals surface area contributed by atoms with Crippen molar-refractivity contribution >= 4 is 12.0 Å². The number of nitrogens with zero attached hydrogens (tertiary/aromatic N) is 1. The van der Waals surface area contributed by atoms with Gasteiger partial charge in [-0.1, -0.05) is 6.07 Å². The number of piperidine rings is 1. The van der Waals surface area contributed by atoms with Gasteiger partial charge in [-0.25, -0.2) is 4.79 Å². The first-order chi connectivity index (χ1) is 12.7. The predicted molar refractivity (Wildman–Crippen MR) is 105 cm³/mol. The number of amides is 2. The number of hydrogen-bond donors (Lipinski definition) is 1. The van der Waals surface area contributed by atoms with E-state index in [0.717, 1.165) is 24.8 Å². The van der Waals surface area contributed by atoms with Crippen LogP contribution in [0.1, 0.15) is 51.2 Å². The van der Waals surface area contributed by atoms with E-state index in [2.05, 4.69) is 5.32 Å². The summed E-state index contributed by atoms with van der Waals surface area (Å²) in [6.45, 7) is 10.6. The van der Waals surface area contributed by atoms with Crippen molar-refractivity contribution in [2.75, 3.05) is 19.7 Å². The Kier molecular flexibility index (Phi) is 7.11. The second-order valence-corrected chi connectivity index (χ2v) is 8.15. The van der Waals surface area contributed by atoms with Crippen molar-refractivity contribution in [2.45, 2.75) is 65.5 Å². The molecule has 150 valence electrons. The van der Waals surface area contributed by atoms with Crippen LogP contribution in [-0.2, 0) is 9.53 Å². The zero-order chi connectivity index (χ0) is 20.0. The summed E-state index contributed by atoms with van der Waals surface area (Å²) in [7, 11) is 0. The van der Waals surface area contributed by atoms with Gasteiger partial charge in [-0.05, 0) is 77.1 Å². The molecule has 1 heterocycles. The number of alkyl carbamates (subject to hydrolysis) is 1. The molecule has 27 heavy (non-hydrogen) atoms. The van der Waals surface area contributed by atoms with Gasteiger partial charge in [-0.3, -0.25) is 4.79 Å². The minimum Gasteiger partial charge on any atom is -0.484 e. The molecule has 0 bridgehead atoms. The molecule has 1 N–H and O–H groups in total. The summed E-state index contributed by atoms with van der Waals surface area (Å²) in [4.78, 5) is 26.4. The van der Waals surface area contributed by atoms with Crippen LogP contribution in [0, 0.1) is 13.8 Å². The molecule has 6 heteroatoms. The van der Waals surface area contributed by atoms with Crippen LogP contribution in [0.25, 0.3) is 0 Å². The van der Waals surface area contributed by atoms with Gasteiger partial charge in [0.05, 0.1) is 0 Å². The molecule has 0 spiro atoms. The second-order valence-electron chi connectivity index (χ2n) is 8.15. The first-order valence-corrected chi connectivity index (χ1v) is 9.62. The van der Waals surface area contributed by atoms with Crippen LogP contribution in [-0.4, -0.2) is 48.2 Å². The van der Waals surface area contributed by atoms with Crippen molar-refractivity contribution in [3.63, 3.8) is 0 Å². The molecular formula is C21H32N2O4. The molecule has 6 nitrogen and oxygen atoms in total. The molecule has 1 atom stereocenters. The van der Waals surface area contributed by atoms with E-state index in [0.29, 0.717) is 18.8 Å². The highest BCUT2D eigenvalue weighted by molar-refractivity contribution is 5.78. The van der Waals surface area contributed by atoms with Crippen LogP contribution in [0.2, 0.25) is 0 Å². The third-order valence-corrected chi connectivity index (χ3v) is 4.67. The topological polar surface area (TPSA) is 67.9 Å². The van der Waals surface area contributed by atoms with E-state index in [1.807, 2.05) is 57.7 Å².